The van der Waals surface area contributed by atoms with E-state index >= 15 is 4.39 Å². The summed E-state index contributed by atoms with van der Waals surface area (Å²) in [6, 6.07) is 16.8. The Kier molecular flexibility index (Phi) is 4.47. The molecule has 0 unspecified atom stereocenters. The number of nitrogens with zero attached hydrogens (tertiary/aromatic N) is 2. The van der Waals surface area contributed by atoms with E-state index in [0.29, 0.717) is 22.2 Å². The lowest BCUT2D eigenvalue weighted by Crippen LogP contribution is -2.26. The first kappa shape index (κ1) is 18.3. The molecule has 0 bridgehead atoms. The van der Waals surface area contributed by atoms with Gasteiger partial charge in [0.2, 0.25) is 0 Å². The highest BCUT2D eigenvalue weighted by atomic mass is 19.1. The largest absolute Gasteiger partial charge is 0.389 e. The maximum atomic E-state index is 15.1. The van der Waals surface area contributed by atoms with E-state index in [1.54, 1.807) is 42.9 Å². The van der Waals surface area contributed by atoms with Gasteiger partial charge in [-0.2, -0.15) is 5.10 Å². The van der Waals surface area contributed by atoms with Crippen LogP contribution in [0.2, 0.25) is 0 Å². The van der Waals surface area contributed by atoms with Crippen LogP contribution in [0.3, 0.4) is 0 Å². The Bertz CT molecular complexity index is 1160. The van der Waals surface area contributed by atoms with Crippen molar-refractivity contribution in [1.29, 1.82) is 0 Å². The quantitative estimate of drug-likeness (QED) is 0.515. The van der Waals surface area contributed by atoms with E-state index in [-0.39, 0.29) is 12.4 Å². The summed E-state index contributed by atoms with van der Waals surface area (Å²) in [4.78, 5) is 0. The van der Waals surface area contributed by atoms with Gasteiger partial charge < -0.3 is 5.11 Å². The Balaban J connectivity index is 1.86. The van der Waals surface area contributed by atoms with Gasteiger partial charge in [-0.25, -0.2) is 8.78 Å². The average molecular weight is 378 g/mol. The molecule has 28 heavy (non-hydrogen) atoms. The fourth-order valence-corrected chi connectivity index (χ4v) is 3.43. The normalized spacial score (nSPS) is 11.9. The van der Waals surface area contributed by atoms with Crippen molar-refractivity contribution in [2.45, 2.75) is 26.0 Å². The number of halogens is 2. The van der Waals surface area contributed by atoms with E-state index in [9.17, 15) is 9.50 Å². The van der Waals surface area contributed by atoms with Gasteiger partial charge in [0.1, 0.15) is 11.6 Å². The van der Waals surface area contributed by atoms with Gasteiger partial charge >= 0.3 is 0 Å². The van der Waals surface area contributed by atoms with Crippen molar-refractivity contribution in [3.8, 4) is 22.3 Å². The summed E-state index contributed by atoms with van der Waals surface area (Å²) in [6.45, 7) is 3.62. The number of aliphatic hydroxyl groups is 1. The summed E-state index contributed by atoms with van der Waals surface area (Å²) < 4.78 is 30.4. The molecular weight excluding hydrogens is 358 g/mol. The van der Waals surface area contributed by atoms with Crippen LogP contribution in [0.15, 0.2) is 66.9 Å². The lowest BCUT2D eigenvalue weighted by molar-refractivity contribution is 0.0591. The molecule has 0 aliphatic heterocycles. The monoisotopic (exact) mass is 378 g/mol. The van der Waals surface area contributed by atoms with Crippen molar-refractivity contribution >= 4 is 10.9 Å². The van der Waals surface area contributed by atoms with E-state index in [1.807, 2.05) is 24.3 Å². The fraction of sp³-hybridized carbons (Fsp3) is 0.174. The van der Waals surface area contributed by atoms with Gasteiger partial charge in [-0.15, -0.1) is 0 Å². The summed E-state index contributed by atoms with van der Waals surface area (Å²) in [5.41, 5.74) is 2.21. The van der Waals surface area contributed by atoms with Gasteiger partial charge in [0.15, 0.2) is 0 Å². The van der Waals surface area contributed by atoms with Crippen LogP contribution < -0.4 is 0 Å². The molecule has 0 radical (unpaired) electrons. The zero-order valence-electron chi connectivity index (χ0n) is 15.7. The molecule has 0 aliphatic rings. The Hall–Kier alpha value is -3.05. The molecule has 0 saturated heterocycles. The van der Waals surface area contributed by atoms with E-state index in [4.69, 9.17) is 0 Å². The Labute approximate surface area is 161 Å². The van der Waals surface area contributed by atoms with Crippen LogP contribution in [0, 0.1) is 11.6 Å². The zero-order valence-corrected chi connectivity index (χ0v) is 15.7. The first-order valence-corrected chi connectivity index (χ1v) is 9.05. The molecule has 5 heteroatoms. The Morgan fingerprint density at radius 1 is 0.929 bits per heavy atom. The summed E-state index contributed by atoms with van der Waals surface area (Å²) >= 11 is 0. The number of rotatable bonds is 4. The summed E-state index contributed by atoms with van der Waals surface area (Å²) in [5, 5.41) is 15.1. The standard InChI is InChI=1S/C23H20F2N2O/c1-23(2,28)14-27-22-12-21(25)20(11-16(22)13-26-27)19-9-4-3-8-18(19)15-6-5-7-17(24)10-15/h3-13,28H,14H2,1-2H3. The summed E-state index contributed by atoms with van der Waals surface area (Å²) in [5.74, 6) is -0.732. The van der Waals surface area contributed by atoms with Crippen molar-refractivity contribution in [2.75, 3.05) is 0 Å². The van der Waals surface area contributed by atoms with Crippen LogP contribution in [-0.2, 0) is 6.54 Å². The minimum Gasteiger partial charge on any atom is -0.389 e. The second kappa shape index (κ2) is 6.84. The molecule has 1 heterocycles. The van der Waals surface area contributed by atoms with Gasteiger partial charge in [-0.05, 0) is 48.7 Å². The Morgan fingerprint density at radius 3 is 2.39 bits per heavy atom. The molecular formula is C23H20F2N2O. The lowest BCUT2D eigenvalue weighted by atomic mass is 9.93. The zero-order chi connectivity index (χ0) is 19.9. The fourth-order valence-electron chi connectivity index (χ4n) is 3.43. The number of hydrogen-bond donors (Lipinski definition) is 1. The molecule has 3 nitrogen and oxygen atoms in total. The van der Waals surface area contributed by atoms with Gasteiger partial charge in [-0.3, -0.25) is 4.68 Å². The number of benzene rings is 3. The molecule has 1 N–H and O–H groups in total. The van der Waals surface area contributed by atoms with Gasteiger partial charge in [0.05, 0.1) is 23.9 Å². The van der Waals surface area contributed by atoms with Gasteiger partial charge in [0.25, 0.3) is 0 Å². The third kappa shape index (κ3) is 3.53. The van der Waals surface area contributed by atoms with Crippen molar-refractivity contribution in [3.63, 3.8) is 0 Å². The van der Waals surface area contributed by atoms with Crippen molar-refractivity contribution in [1.82, 2.24) is 9.78 Å². The molecule has 0 saturated carbocycles. The molecule has 4 aromatic rings. The second-order valence-electron chi connectivity index (χ2n) is 7.56. The van der Waals surface area contributed by atoms with Crippen molar-refractivity contribution in [3.05, 3.63) is 78.5 Å². The maximum Gasteiger partial charge on any atom is 0.133 e. The maximum absolute atomic E-state index is 15.1. The average Bonchev–Trinajstić information content (AvgIpc) is 3.01. The Morgan fingerprint density at radius 2 is 1.68 bits per heavy atom. The first-order chi connectivity index (χ1) is 13.3. The van der Waals surface area contributed by atoms with E-state index in [0.717, 1.165) is 10.9 Å². The highest BCUT2D eigenvalue weighted by molar-refractivity contribution is 5.90. The van der Waals surface area contributed by atoms with E-state index in [2.05, 4.69) is 5.10 Å². The van der Waals surface area contributed by atoms with E-state index < -0.39 is 11.4 Å². The molecule has 0 amide bonds. The summed E-state index contributed by atoms with van der Waals surface area (Å²) in [7, 11) is 0. The highest BCUT2D eigenvalue weighted by Crippen LogP contribution is 2.35. The number of fused-ring (bicyclic) bond motifs is 1. The van der Waals surface area contributed by atoms with Crippen LogP contribution in [-0.4, -0.2) is 20.5 Å². The SMILES string of the molecule is CC(C)(O)Cn1ncc2cc(-c3ccccc3-c3cccc(F)c3)c(F)cc21. The van der Waals surface area contributed by atoms with Crippen LogP contribution in [0.4, 0.5) is 8.78 Å². The molecule has 142 valence electrons. The number of hydrogen-bond acceptors (Lipinski definition) is 2. The van der Waals surface area contributed by atoms with Crippen LogP contribution >= 0.6 is 0 Å². The van der Waals surface area contributed by atoms with Crippen LogP contribution in [0.25, 0.3) is 33.2 Å². The smallest absolute Gasteiger partial charge is 0.133 e. The van der Waals surface area contributed by atoms with Crippen molar-refractivity contribution in [2.24, 2.45) is 0 Å². The predicted octanol–water partition coefficient (Wildman–Crippen LogP) is 5.42. The highest BCUT2D eigenvalue weighted by Gasteiger charge is 2.18. The molecule has 0 aliphatic carbocycles. The second-order valence-corrected chi connectivity index (χ2v) is 7.56. The predicted molar refractivity (Wildman–Crippen MR) is 107 cm³/mol. The molecule has 0 fully saturated rings. The molecule has 0 atom stereocenters. The van der Waals surface area contributed by atoms with Crippen LogP contribution in [0.1, 0.15) is 13.8 Å². The van der Waals surface area contributed by atoms with Crippen molar-refractivity contribution < 1.29 is 13.9 Å². The van der Waals surface area contributed by atoms with Crippen LogP contribution in [0.5, 0.6) is 0 Å². The molecule has 1 aromatic heterocycles. The summed E-state index contributed by atoms with van der Waals surface area (Å²) in [6.07, 6.45) is 1.66. The third-order valence-corrected chi connectivity index (χ3v) is 4.62. The molecule has 3 aromatic carbocycles. The number of aromatic nitrogens is 2. The van der Waals surface area contributed by atoms with Gasteiger partial charge in [0, 0.05) is 17.0 Å². The molecule has 4 rings (SSSR count). The minimum atomic E-state index is -0.960. The first-order valence-electron chi connectivity index (χ1n) is 9.05. The topological polar surface area (TPSA) is 38.0 Å². The van der Waals surface area contributed by atoms with E-state index in [1.165, 1.54) is 18.2 Å². The molecule has 0 spiro atoms. The third-order valence-electron chi connectivity index (χ3n) is 4.62. The van der Waals surface area contributed by atoms with Gasteiger partial charge in [-0.1, -0.05) is 36.4 Å². The minimum absolute atomic E-state index is 0.259. The lowest BCUT2D eigenvalue weighted by Gasteiger charge is -2.17.